The van der Waals surface area contributed by atoms with Crippen molar-refractivity contribution in [3.8, 4) is 11.3 Å². The molecule has 0 aliphatic heterocycles. The Morgan fingerprint density at radius 3 is 2.60 bits per heavy atom. The smallest absolute Gasteiger partial charge is 0.222 e. The number of pyridine rings is 1. The van der Waals surface area contributed by atoms with E-state index in [1.165, 1.54) is 0 Å². The second-order valence-corrected chi connectivity index (χ2v) is 3.22. The largest absolute Gasteiger partial charge is 0.384 e. The van der Waals surface area contributed by atoms with E-state index in [-0.39, 0.29) is 5.95 Å². The molecule has 0 saturated heterocycles. The molecular formula is C10H11N5. The van der Waals surface area contributed by atoms with Crippen LogP contribution in [0.15, 0.2) is 24.4 Å². The van der Waals surface area contributed by atoms with Gasteiger partial charge in [0.05, 0.1) is 5.69 Å². The molecule has 0 amide bonds. The summed E-state index contributed by atoms with van der Waals surface area (Å²) in [6, 6.07) is 5.46. The van der Waals surface area contributed by atoms with Gasteiger partial charge < -0.3 is 11.5 Å². The van der Waals surface area contributed by atoms with E-state index < -0.39 is 0 Å². The highest BCUT2D eigenvalue weighted by atomic mass is 15.0. The number of rotatable bonds is 1. The maximum Gasteiger partial charge on any atom is 0.222 e. The molecule has 76 valence electrons. The van der Waals surface area contributed by atoms with Gasteiger partial charge in [-0.05, 0) is 19.1 Å². The minimum absolute atomic E-state index is 0.180. The number of anilines is 2. The van der Waals surface area contributed by atoms with Gasteiger partial charge in [-0.1, -0.05) is 0 Å². The van der Waals surface area contributed by atoms with Gasteiger partial charge in [-0.3, -0.25) is 4.98 Å². The van der Waals surface area contributed by atoms with Crippen LogP contribution in [0.2, 0.25) is 0 Å². The van der Waals surface area contributed by atoms with Crippen molar-refractivity contribution in [2.75, 3.05) is 11.5 Å². The predicted octanol–water partition coefficient (Wildman–Crippen LogP) is 1.01. The van der Waals surface area contributed by atoms with Gasteiger partial charge in [-0.15, -0.1) is 0 Å². The van der Waals surface area contributed by atoms with E-state index in [9.17, 15) is 0 Å². The molecular weight excluding hydrogens is 190 g/mol. The molecule has 0 bridgehead atoms. The third kappa shape index (κ3) is 2.01. The van der Waals surface area contributed by atoms with Crippen molar-refractivity contribution in [2.24, 2.45) is 0 Å². The molecule has 0 aliphatic rings. The van der Waals surface area contributed by atoms with Crippen LogP contribution in [0.3, 0.4) is 0 Å². The molecule has 0 fully saturated rings. The lowest BCUT2D eigenvalue weighted by Crippen LogP contribution is -2.00. The molecule has 0 unspecified atom stereocenters. The summed E-state index contributed by atoms with van der Waals surface area (Å²) in [6.07, 6.45) is 1.72. The van der Waals surface area contributed by atoms with Crippen LogP contribution in [0.4, 0.5) is 11.8 Å². The van der Waals surface area contributed by atoms with E-state index in [4.69, 9.17) is 11.5 Å². The highest BCUT2D eigenvalue weighted by molar-refractivity contribution is 5.63. The molecule has 5 heteroatoms. The Morgan fingerprint density at radius 2 is 1.93 bits per heavy atom. The fraction of sp³-hybridized carbons (Fsp3) is 0.100. The number of hydrogen-bond donors (Lipinski definition) is 2. The van der Waals surface area contributed by atoms with Crippen LogP contribution in [0.25, 0.3) is 11.3 Å². The molecule has 4 N–H and O–H groups in total. The van der Waals surface area contributed by atoms with Gasteiger partial charge in [0.15, 0.2) is 0 Å². The Labute approximate surface area is 87.2 Å². The molecule has 2 rings (SSSR count). The Morgan fingerprint density at radius 1 is 1.13 bits per heavy atom. The standard InChI is InChI=1S/C10H11N5/c1-6-4-7(2-3-13-6)8-5-9(11)15-10(12)14-8/h2-5H,1H3,(H4,11,12,14,15). The van der Waals surface area contributed by atoms with E-state index in [1.54, 1.807) is 12.3 Å². The lowest BCUT2D eigenvalue weighted by Gasteiger charge is -2.03. The number of aryl methyl sites for hydroxylation is 1. The molecule has 2 heterocycles. The van der Waals surface area contributed by atoms with Crippen LogP contribution in [-0.2, 0) is 0 Å². The molecule has 0 spiro atoms. The number of nitrogen functional groups attached to an aromatic ring is 2. The summed E-state index contributed by atoms with van der Waals surface area (Å²) >= 11 is 0. The Bertz CT molecular complexity index is 475. The van der Waals surface area contributed by atoms with E-state index in [0.717, 1.165) is 11.3 Å². The van der Waals surface area contributed by atoms with Crippen molar-refractivity contribution >= 4 is 11.8 Å². The van der Waals surface area contributed by atoms with Crippen molar-refractivity contribution in [3.05, 3.63) is 30.1 Å². The molecule has 0 aliphatic carbocycles. The average molecular weight is 201 g/mol. The van der Waals surface area contributed by atoms with Crippen molar-refractivity contribution in [1.82, 2.24) is 15.0 Å². The summed E-state index contributed by atoms with van der Waals surface area (Å²) < 4.78 is 0. The third-order valence-corrected chi connectivity index (χ3v) is 1.96. The van der Waals surface area contributed by atoms with Gasteiger partial charge in [0.1, 0.15) is 5.82 Å². The van der Waals surface area contributed by atoms with Crippen molar-refractivity contribution in [1.29, 1.82) is 0 Å². The van der Waals surface area contributed by atoms with Crippen LogP contribution < -0.4 is 11.5 Å². The molecule has 0 radical (unpaired) electrons. The zero-order chi connectivity index (χ0) is 10.8. The third-order valence-electron chi connectivity index (χ3n) is 1.96. The molecule has 5 nitrogen and oxygen atoms in total. The quantitative estimate of drug-likeness (QED) is 0.718. The van der Waals surface area contributed by atoms with E-state index in [0.29, 0.717) is 11.5 Å². The number of nitrogens with zero attached hydrogens (tertiary/aromatic N) is 3. The SMILES string of the molecule is Cc1cc(-c2cc(N)nc(N)n2)ccn1. The first-order chi connectivity index (χ1) is 7.15. The maximum atomic E-state index is 5.59. The normalized spacial score (nSPS) is 10.2. The zero-order valence-corrected chi connectivity index (χ0v) is 8.31. The fourth-order valence-corrected chi connectivity index (χ4v) is 1.34. The second-order valence-electron chi connectivity index (χ2n) is 3.22. The minimum atomic E-state index is 0.180. The number of aromatic nitrogens is 3. The first-order valence-electron chi connectivity index (χ1n) is 4.48. The highest BCUT2D eigenvalue weighted by Crippen LogP contribution is 2.19. The minimum Gasteiger partial charge on any atom is -0.384 e. The molecule has 0 saturated carbocycles. The zero-order valence-electron chi connectivity index (χ0n) is 8.31. The lowest BCUT2D eigenvalue weighted by atomic mass is 10.1. The van der Waals surface area contributed by atoms with Crippen LogP contribution in [0.5, 0.6) is 0 Å². The molecule has 2 aromatic heterocycles. The van der Waals surface area contributed by atoms with E-state index in [1.807, 2.05) is 19.1 Å². The van der Waals surface area contributed by atoms with Gasteiger partial charge >= 0.3 is 0 Å². The first-order valence-corrected chi connectivity index (χ1v) is 4.48. The Kier molecular flexibility index (Phi) is 2.21. The van der Waals surface area contributed by atoms with Crippen molar-refractivity contribution in [2.45, 2.75) is 6.92 Å². The monoisotopic (exact) mass is 201 g/mol. The Hall–Kier alpha value is -2.17. The molecule has 2 aromatic rings. The first kappa shape index (κ1) is 9.39. The number of hydrogen-bond acceptors (Lipinski definition) is 5. The summed E-state index contributed by atoms with van der Waals surface area (Å²) in [5, 5.41) is 0. The number of nitrogens with two attached hydrogens (primary N) is 2. The molecule has 0 atom stereocenters. The van der Waals surface area contributed by atoms with Crippen molar-refractivity contribution in [3.63, 3.8) is 0 Å². The summed E-state index contributed by atoms with van der Waals surface area (Å²) in [5.41, 5.74) is 13.7. The Balaban J connectivity index is 2.54. The molecule has 15 heavy (non-hydrogen) atoms. The second kappa shape index (κ2) is 3.53. The van der Waals surface area contributed by atoms with Crippen LogP contribution in [0, 0.1) is 6.92 Å². The summed E-state index contributed by atoms with van der Waals surface area (Å²) in [7, 11) is 0. The van der Waals surface area contributed by atoms with Gasteiger partial charge in [-0.2, -0.15) is 4.98 Å². The summed E-state index contributed by atoms with van der Waals surface area (Å²) in [4.78, 5) is 12.0. The highest BCUT2D eigenvalue weighted by Gasteiger charge is 2.03. The summed E-state index contributed by atoms with van der Waals surface area (Å²) in [5.74, 6) is 0.548. The average Bonchev–Trinajstić information content (AvgIpc) is 2.16. The van der Waals surface area contributed by atoms with E-state index in [2.05, 4.69) is 15.0 Å². The summed E-state index contributed by atoms with van der Waals surface area (Å²) in [6.45, 7) is 1.91. The van der Waals surface area contributed by atoms with Crippen LogP contribution in [-0.4, -0.2) is 15.0 Å². The van der Waals surface area contributed by atoms with Crippen LogP contribution >= 0.6 is 0 Å². The topological polar surface area (TPSA) is 90.7 Å². The van der Waals surface area contributed by atoms with E-state index >= 15 is 0 Å². The van der Waals surface area contributed by atoms with Gasteiger partial charge in [0.2, 0.25) is 5.95 Å². The fourth-order valence-electron chi connectivity index (χ4n) is 1.34. The van der Waals surface area contributed by atoms with Crippen LogP contribution in [0.1, 0.15) is 5.69 Å². The maximum absolute atomic E-state index is 5.59. The van der Waals surface area contributed by atoms with Gasteiger partial charge in [0, 0.05) is 23.5 Å². The molecule has 0 aromatic carbocycles. The van der Waals surface area contributed by atoms with Crippen molar-refractivity contribution < 1.29 is 0 Å². The van der Waals surface area contributed by atoms with Gasteiger partial charge in [-0.25, -0.2) is 4.98 Å². The predicted molar refractivity (Wildman–Crippen MR) is 58.8 cm³/mol. The lowest BCUT2D eigenvalue weighted by molar-refractivity contribution is 1.17. The van der Waals surface area contributed by atoms with Gasteiger partial charge in [0.25, 0.3) is 0 Å².